The number of rotatable bonds is 7. The number of amides is 3. The summed E-state index contributed by atoms with van der Waals surface area (Å²) in [6.45, 7) is 6.63. The van der Waals surface area contributed by atoms with E-state index in [9.17, 15) is 19.2 Å². The molecule has 3 aliphatic rings. The SMILES string of the molecule is CCN1C(=O)N(c2cc(OC)c(-c3cc(F)cc(C#N)c3)cc2Cl)C(=O)C12CCN(Cc1ccc(N3CCCC3)cc1)CC2. The molecule has 0 unspecified atom stereocenters. The van der Waals surface area contributed by atoms with Crippen molar-refractivity contribution >= 4 is 34.9 Å². The van der Waals surface area contributed by atoms with Gasteiger partial charge in [-0.15, -0.1) is 0 Å². The molecule has 3 amide bonds. The number of likely N-dealkylation sites (tertiary alicyclic amines) is 1. The van der Waals surface area contributed by atoms with Crippen molar-refractivity contribution in [3.05, 3.63) is 76.6 Å². The maximum atomic E-state index is 14.2. The van der Waals surface area contributed by atoms with Crippen LogP contribution < -0.4 is 14.5 Å². The third-order valence-electron chi connectivity index (χ3n) is 9.20. The Hall–Kier alpha value is -4.13. The Kier molecular flexibility index (Phi) is 8.23. The predicted octanol–water partition coefficient (Wildman–Crippen LogP) is 6.45. The number of piperidine rings is 1. The third kappa shape index (κ3) is 5.27. The molecule has 0 N–H and O–H groups in total. The summed E-state index contributed by atoms with van der Waals surface area (Å²) in [6, 6.07) is 17.3. The molecule has 10 heteroatoms. The standard InChI is InChI=1S/C34H35ClFN5O3/c1-3-40-33(43)41(30-20-31(44-2)28(19-29(30)35)25-16-24(21-37)17-26(36)18-25)32(42)34(40)10-14-38(15-11-34)22-23-6-8-27(9-7-23)39-12-4-5-13-39/h6-9,16-20H,3-5,10-15,22H2,1-2H3. The van der Waals surface area contributed by atoms with Gasteiger partial charge < -0.3 is 14.5 Å². The summed E-state index contributed by atoms with van der Waals surface area (Å²) >= 11 is 6.73. The van der Waals surface area contributed by atoms with Crippen LogP contribution in [0.1, 0.15) is 43.7 Å². The molecular formula is C34H35ClFN5O3. The quantitative estimate of drug-likeness (QED) is 0.284. The summed E-state index contributed by atoms with van der Waals surface area (Å²) in [7, 11) is 1.45. The van der Waals surface area contributed by atoms with E-state index in [0.717, 1.165) is 30.6 Å². The number of likely N-dealkylation sites (N-methyl/N-ethyl adjacent to an activating group) is 1. The Balaban J connectivity index is 1.22. The Labute approximate surface area is 262 Å². The fraction of sp³-hybridized carbons (Fsp3) is 0.382. The lowest BCUT2D eigenvalue weighted by Crippen LogP contribution is -2.56. The maximum absolute atomic E-state index is 14.2. The molecule has 3 saturated heterocycles. The molecule has 0 aromatic heterocycles. The summed E-state index contributed by atoms with van der Waals surface area (Å²) in [4.78, 5) is 35.6. The first-order chi connectivity index (χ1) is 21.3. The lowest BCUT2D eigenvalue weighted by molar-refractivity contribution is -0.127. The van der Waals surface area contributed by atoms with Crippen LogP contribution in [-0.2, 0) is 11.3 Å². The first-order valence-corrected chi connectivity index (χ1v) is 15.5. The first-order valence-electron chi connectivity index (χ1n) is 15.1. The van der Waals surface area contributed by atoms with E-state index in [2.05, 4.69) is 34.1 Å². The van der Waals surface area contributed by atoms with Gasteiger partial charge in [0.2, 0.25) is 0 Å². The van der Waals surface area contributed by atoms with Gasteiger partial charge in [-0.1, -0.05) is 23.7 Å². The molecule has 6 rings (SSSR count). The number of carbonyl (C=O) groups is 2. The van der Waals surface area contributed by atoms with Crippen LogP contribution in [0.25, 0.3) is 11.1 Å². The number of ether oxygens (including phenoxy) is 1. The van der Waals surface area contributed by atoms with E-state index in [1.54, 1.807) is 11.0 Å². The van der Waals surface area contributed by atoms with Crippen molar-refractivity contribution in [3.63, 3.8) is 0 Å². The number of anilines is 2. The van der Waals surface area contributed by atoms with Crippen molar-refractivity contribution in [2.24, 2.45) is 0 Å². The van der Waals surface area contributed by atoms with Crippen LogP contribution in [0.5, 0.6) is 5.75 Å². The second-order valence-corrected chi connectivity index (χ2v) is 12.1. The zero-order chi connectivity index (χ0) is 31.0. The number of benzene rings is 3. The molecule has 0 bridgehead atoms. The number of hydrogen-bond donors (Lipinski definition) is 0. The normalized spacial score (nSPS) is 18.4. The van der Waals surface area contributed by atoms with Crippen molar-refractivity contribution < 1.29 is 18.7 Å². The molecule has 8 nitrogen and oxygen atoms in total. The third-order valence-corrected chi connectivity index (χ3v) is 9.50. The zero-order valence-electron chi connectivity index (χ0n) is 25.0. The number of urea groups is 1. The first kappa shape index (κ1) is 29.9. The summed E-state index contributed by atoms with van der Waals surface area (Å²) in [5.41, 5.74) is 2.75. The van der Waals surface area contributed by atoms with E-state index in [1.165, 1.54) is 49.4 Å². The molecule has 0 saturated carbocycles. The van der Waals surface area contributed by atoms with Gasteiger partial charge in [-0.05, 0) is 80.1 Å². The second-order valence-electron chi connectivity index (χ2n) is 11.7. The van der Waals surface area contributed by atoms with Crippen molar-refractivity contribution in [2.75, 3.05) is 49.6 Å². The molecule has 0 radical (unpaired) electrons. The molecule has 0 atom stereocenters. The molecule has 3 heterocycles. The van der Waals surface area contributed by atoms with Gasteiger partial charge in [0, 0.05) is 56.6 Å². The molecule has 3 aliphatic heterocycles. The fourth-order valence-corrected chi connectivity index (χ4v) is 7.14. The van der Waals surface area contributed by atoms with Crippen molar-refractivity contribution in [1.82, 2.24) is 9.80 Å². The molecule has 0 aliphatic carbocycles. The average molecular weight is 616 g/mol. The number of nitrogens with zero attached hydrogens (tertiary/aromatic N) is 5. The smallest absolute Gasteiger partial charge is 0.332 e. The topological polar surface area (TPSA) is 80.1 Å². The summed E-state index contributed by atoms with van der Waals surface area (Å²) in [5, 5.41) is 9.45. The monoisotopic (exact) mass is 615 g/mol. The lowest BCUT2D eigenvalue weighted by Gasteiger charge is -2.42. The van der Waals surface area contributed by atoms with Gasteiger partial charge in [0.25, 0.3) is 5.91 Å². The summed E-state index contributed by atoms with van der Waals surface area (Å²) in [6.07, 6.45) is 3.52. The molecular weight excluding hydrogens is 581 g/mol. The lowest BCUT2D eigenvalue weighted by atomic mass is 9.85. The van der Waals surface area contributed by atoms with Gasteiger partial charge in [0.05, 0.1) is 29.5 Å². The van der Waals surface area contributed by atoms with E-state index < -0.39 is 17.4 Å². The largest absolute Gasteiger partial charge is 0.496 e. The van der Waals surface area contributed by atoms with Gasteiger partial charge in [0.1, 0.15) is 17.1 Å². The van der Waals surface area contributed by atoms with Crippen LogP contribution in [0.2, 0.25) is 5.02 Å². The average Bonchev–Trinajstić information content (AvgIpc) is 3.64. The van der Waals surface area contributed by atoms with Gasteiger partial charge >= 0.3 is 6.03 Å². The van der Waals surface area contributed by atoms with Crippen LogP contribution >= 0.6 is 11.6 Å². The van der Waals surface area contributed by atoms with Crippen LogP contribution in [0.3, 0.4) is 0 Å². The molecule has 3 fully saturated rings. The van der Waals surface area contributed by atoms with E-state index >= 15 is 0 Å². The minimum absolute atomic E-state index is 0.146. The highest BCUT2D eigenvalue weighted by molar-refractivity contribution is 6.36. The molecule has 1 spiro atoms. The maximum Gasteiger partial charge on any atom is 0.332 e. The number of hydrogen-bond acceptors (Lipinski definition) is 6. The molecule has 228 valence electrons. The highest BCUT2D eigenvalue weighted by Gasteiger charge is 2.58. The molecule has 3 aromatic rings. The minimum Gasteiger partial charge on any atom is -0.496 e. The van der Waals surface area contributed by atoms with Gasteiger partial charge in [0.15, 0.2) is 0 Å². The van der Waals surface area contributed by atoms with E-state index in [-0.39, 0.29) is 22.2 Å². The highest BCUT2D eigenvalue weighted by Crippen LogP contribution is 2.45. The van der Waals surface area contributed by atoms with E-state index in [0.29, 0.717) is 49.4 Å². The van der Waals surface area contributed by atoms with Gasteiger partial charge in [-0.2, -0.15) is 5.26 Å². The van der Waals surface area contributed by atoms with Crippen LogP contribution in [0, 0.1) is 17.1 Å². The van der Waals surface area contributed by atoms with Crippen molar-refractivity contribution in [3.8, 4) is 22.9 Å². The Bertz CT molecular complexity index is 1630. The predicted molar refractivity (Wildman–Crippen MR) is 169 cm³/mol. The van der Waals surface area contributed by atoms with Gasteiger partial charge in [-0.3, -0.25) is 9.69 Å². The molecule has 44 heavy (non-hydrogen) atoms. The number of imide groups is 1. The Morgan fingerprint density at radius 3 is 2.34 bits per heavy atom. The molecule has 3 aromatic carbocycles. The Morgan fingerprint density at radius 2 is 1.70 bits per heavy atom. The zero-order valence-corrected chi connectivity index (χ0v) is 25.7. The van der Waals surface area contributed by atoms with Crippen molar-refractivity contribution in [2.45, 2.75) is 44.7 Å². The van der Waals surface area contributed by atoms with E-state index in [4.69, 9.17) is 16.3 Å². The van der Waals surface area contributed by atoms with Crippen LogP contribution in [-0.4, -0.2) is 67.1 Å². The number of methoxy groups -OCH3 is 1. The van der Waals surface area contributed by atoms with Crippen molar-refractivity contribution in [1.29, 1.82) is 5.26 Å². The number of carbonyl (C=O) groups excluding carboxylic acids is 2. The highest BCUT2D eigenvalue weighted by atomic mass is 35.5. The minimum atomic E-state index is -0.957. The van der Waals surface area contributed by atoms with Crippen LogP contribution in [0.15, 0.2) is 54.6 Å². The number of halogens is 2. The van der Waals surface area contributed by atoms with Gasteiger partial charge in [-0.25, -0.2) is 14.1 Å². The summed E-state index contributed by atoms with van der Waals surface area (Å²) < 4.78 is 19.8. The fourth-order valence-electron chi connectivity index (χ4n) is 6.89. The van der Waals surface area contributed by atoms with E-state index in [1.807, 2.05) is 13.0 Å². The summed E-state index contributed by atoms with van der Waals surface area (Å²) in [5.74, 6) is -0.570. The van der Waals surface area contributed by atoms with Crippen LogP contribution in [0.4, 0.5) is 20.6 Å². The Morgan fingerprint density at radius 1 is 1.00 bits per heavy atom. The number of nitriles is 1. The second kappa shape index (κ2) is 12.1.